The first kappa shape index (κ1) is 11.0. The van der Waals surface area contributed by atoms with Gasteiger partial charge in [-0.2, -0.15) is 0 Å². The minimum Gasteiger partial charge on any atom is -0.316 e. The van der Waals surface area contributed by atoms with Crippen LogP contribution in [0.15, 0.2) is 6.20 Å². The lowest BCUT2D eigenvalue weighted by atomic mass is 10.0. The number of thiazole rings is 1. The molecule has 1 saturated heterocycles. The van der Waals surface area contributed by atoms with Crippen molar-refractivity contribution in [3.8, 4) is 0 Å². The Balaban J connectivity index is 1.99. The first-order valence-electron chi connectivity index (χ1n) is 5.56. The van der Waals surface area contributed by atoms with Gasteiger partial charge in [-0.3, -0.25) is 0 Å². The van der Waals surface area contributed by atoms with Crippen molar-refractivity contribution in [2.45, 2.75) is 25.3 Å². The van der Waals surface area contributed by atoms with Crippen molar-refractivity contribution in [3.05, 3.63) is 16.1 Å². The molecule has 1 aromatic rings. The maximum atomic E-state index is 4.54. The van der Waals surface area contributed by atoms with Crippen LogP contribution in [0.3, 0.4) is 0 Å². The SMILES string of the molecule is CN(C)Cc1cnc(C2CCCNC2)s1. The molecule has 84 valence electrons. The fraction of sp³-hybridized carbons (Fsp3) is 0.727. The highest BCUT2D eigenvalue weighted by Crippen LogP contribution is 2.27. The highest BCUT2D eigenvalue weighted by molar-refractivity contribution is 7.11. The lowest BCUT2D eigenvalue weighted by Crippen LogP contribution is -2.28. The number of aromatic nitrogens is 1. The van der Waals surface area contributed by atoms with E-state index < -0.39 is 0 Å². The molecule has 0 amide bonds. The number of nitrogens with zero attached hydrogens (tertiary/aromatic N) is 2. The Bertz CT molecular complexity index is 303. The van der Waals surface area contributed by atoms with E-state index in [2.05, 4.69) is 29.3 Å². The number of piperidine rings is 1. The van der Waals surface area contributed by atoms with Gasteiger partial charge in [-0.05, 0) is 33.5 Å². The van der Waals surface area contributed by atoms with Gasteiger partial charge in [-0.15, -0.1) is 11.3 Å². The highest BCUT2D eigenvalue weighted by atomic mass is 32.1. The van der Waals surface area contributed by atoms with Gasteiger partial charge >= 0.3 is 0 Å². The minimum atomic E-state index is 0.652. The molecule has 1 atom stereocenters. The molecule has 3 nitrogen and oxygen atoms in total. The van der Waals surface area contributed by atoms with Crippen molar-refractivity contribution >= 4 is 11.3 Å². The zero-order valence-corrected chi connectivity index (χ0v) is 10.3. The summed E-state index contributed by atoms with van der Waals surface area (Å²) in [5.41, 5.74) is 0. The van der Waals surface area contributed by atoms with Crippen LogP contribution in [0, 0.1) is 0 Å². The summed E-state index contributed by atoms with van der Waals surface area (Å²) in [5, 5.41) is 4.76. The largest absolute Gasteiger partial charge is 0.316 e. The van der Waals surface area contributed by atoms with Crippen LogP contribution < -0.4 is 5.32 Å². The number of rotatable bonds is 3. The zero-order chi connectivity index (χ0) is 10.7. The van der Waals surface area contributed by atoms with E-state index in [1.54, 1.807) is 0 Å². The Kier molecular flexibility index (Phi) is 3.72. The maximum Gasteiger partial charge on any atom is 0.0971 e. The van der Waals surface area contributed by atoms with Crippen LogP contribution in [-0.2, 0) is 6.54 Å². The summed E-state index contributed by atoms with van der Waals surface area (Å²) in [6.45, 7) is 3.29. The van der Waals surface area contributed by atoms with E-state index in [0.717, 1.165) is 13.1 Å². The van der Waals surface area contributed by atoms with Gasteiger partial charge in [0.15, 0.2) is 0 Å². The van der Waals surface area contributed by atoms with Crippen LogP contribution >= 0.6 is 11.3 Å². The molecule has 1 aliphatic heterocycles. The third kappa shape index (κ3) is 3.00. The number of hydrogen-bond donors (Lipinski definition) is 1. The first-order valence-corrected chi connectivity index (χ1v) is 6.37. The van der Waals surface area contributed by atoms with E-state index >= 15 is 0 Å². The normalized spacial score (nSPS) is 22.2. The molecule has 1 aromatic heterocycles. The minimum absolute atomic E-state index is 0.652. The smallest absolute Gasteiger partial charge is 0.0971 e. The van der Waals surface area contributed by atoms with Crippen molar-refractivity contribution in [1.82, 2.24) is 15.2 Å². The Morgan fingerprint density at radius 2 is 2.47 bits per heavy atom. The van der Waals surface area contributed by atoms with Crippen LogP contribution in [0.5, 0.6) is 0 Å². The quantitative estimate of drug-likeness (QED) is 0.848. The zero-order valence-electron chi connectivity index (χ0n) is 9.49. The predicted molar refractivity (Wildman–Crippen MR) is 64.3 cm³/mol. The molecule has 1 fully saturated rings. The molecule has 2 heterocycles. The molecule has 0 bridgehead atoms. The van der Waals surface area contributed by atoms with Gasteiger partial charge in [0.05, 0.1) is 5.01 Å². The molecule has 0 spiro atoms. The summed E-state index contributed by atoms with van der Waals surface area (Å²) in [4.78, 5) is 8.11. The van der Waals surface area contributed by atoms with Crippen LogP contribution in [0.2, 0.25) is 0 Å². The molecule has 4 heteroatoms. The molecule has 1 N–H and O–H groups in total. The van der Waals surface area contributed by atoms with Gasteiger partial charge in [-0.25, -0.2) is 4.98 Å². The Hall–Kier alpha value is -0.450. The van der Waals surface area contributed by atoms with Crippen molar-refractivity contribution in [2.75, 3.05) is 27.2 Å². The summed E-state index contributed by atoms with van der Waals surface area (Å²) in [5.74, 6) is 0.652. The lowest BCUT2D eigenvalue weighted by Gasteiger charge is -2.20. The summed E-state index contributed by atoms with van der Waals surface area (Å²) in [6.07, 6.45) is 4.61. The first-order chi connectivity index (χ1) is 7.25. The second kappa shape index (κ2) is 5.05. The number of hydrogen-bond acceptors (Lipinski definition) is 4. The van der Waals surface area contributed by atoms with Crippen molar-refractivity contribution in [2.24, 2.45) is 0 Å². The molecular formula is C11H19N3S. The second-order valence-electron chi connectivity index (χ2n) is 4.45. The van der Waals surface area contributed by atoms with E-state index in [1.807, 2.05) is 17.5 Å². The average Bonchev–Trinajstić information content (AvgIpc) is 2.67. The Morgan fingerprint density at radius 1 is 1.60 bits per heavy atom. The molecule has 15 heavy (non-hydrogen) atoms. The van der Waals surface area contributed by atoms with Crippen molar-refractivity contribution in [1.29, 1.82) is 0 Å². The fourth-order valence-corrected chi connectivity index (χ4v) is 3.13. The van der Waals surface area contributed by atoms with E-state index in [1.165, 1.54) is 29.3 Å². The van der Waals surface area contributed by atoms with Crippen LogP contribution in [0.1, 0.15) is 28.6 Å². The third-order valence-electron chi connectivity index (χ3n) is 2.69. The monoisotopic (exact) mass is 225 g/mol. The van der Waals surface area contributed by atoms with Gasteiger partial charge in [0, 0.05) is 30.1 Å². The standard InChI is InChI=1S/C11H19N3S/c1-14(2)8-10-7-13-11(15-10)9-4-3-5-12-6-9/h7,9,12H,3-6,8H2,1-2H3. The summed E-state index contributed by atoms with van der Waals surface area (Å²) >= 11 is 1.87. The summed E-state index contributed by atoms with van der Waals surface area (Å²) in [7, 11) is 4.20. The molecule has 1 aliphatic rings. The van der Waals surface area contributed by atoms with Gasteiger partial charge in [-0.1, -0.05) is 0 Å². The molecule has 0 saturated carbocycles. The van der Waals surface area contributed by atoms with Crippen LogP contribution in [0.25, 0.3) is 0 Å². The molecule has 1 unspecified atom stereocenters. The van der Waals surface area contributed by atoms with Crippen molar-refractivity contribution in [3.63, 3.8) is 0 Å². The van der Waals surface area contributed by atoms with Gasteiger partial charge in [0.2, 0.25) is 0 Å². The average molecular weight is 225 g/mol. The van der Waals surface area contributed by atoms with E-state index in [0.29, 0.717) is 5.92 Å². The van der Waals surface area contributed by atoms with Crippen LogP contribution in [-0.4, -0.2) is 37.1 Å². The topological polar surface area (TPSA) is 28.2 Å². The second-order valence-corrected chi connectivity index (χ2v) is 5.59. The lowest BCUT2D eigenvalue weighted by molar-refractivity contribution is 0.406. The van der Waals surface area contributed by atoms with Crippen molar-refractivity contribution < 1.29 is 0 Å². The number of nitrogens with one attached hydrogen (secondary N) is 1. The van der Waals surface area contributed by atoms with Gasteiger partial charge < -0.3 is 10.2 Å². The summed E-state index contributed by atoms with van der Waals surface area (Å²) < 4.78 is 0. The van der Waals surface area contributed by atoms with E-state index in [9.17, 15) is 0 Å². The van der Waals surface area contributed by atoms with E-state index in [-0.39, 0.29) is 0 Å². The molecule has 0 aliphatic carbocycles. The third-order valence-corrected chi connectivity index (χ3v) is 3.83. The molecule has 0 radical (unpaired) electrons. The summed E-state index contributed by atoms with van der Waals surface area (Å²) in [6, 6.07) is 0. The van der Waals surface area contributed by atoms with E-state index in [4.69, 9.17) is 0 Å². The van der Waals surface area contributed by atoms with Gasteiger partial charge in [0.25, 0.3) is 0 Å². The highest BCUT2D eigenvalue weighted by Gasteiger charge is 2.18. The Labute approximate surface area is 95.5 Å². The molecular weight excluding hydrogens is 206 g/mol. The molecule has 0 aromatic carbocycles. The van der Waals surface area contributed by atoms with Gasteiger partial charge in [0.1, 0.15) is 0 Å². The maximum absolute atomic E-state index is 4.54. The van der Waals surface area contributed by atoms with Crippen LogP contribution in [0.4, 0.5) is 0 Å². The molecule has 2 rings (SSSR count). The predicted octanol–water partition coefficient (Wildman–Crippen LogP) is 1.67. The Morgan fingerprint density at radius 3 is 3.13 bits per heavy atom. The fourth-order valence-electron chi connectivity index (χ4n) is 1.96.